The predicted octanol–water partition coefficient (Wildman–Crippen LogP) is 2.85. The number of amides is 2. The molecule has 2 aromatic heterocycles. The molecule has 2 bridgehead atoms. The minimum Gasteiger partial charge on any atom is -0.444 e. The van der Waals surface area contributed by atoms with Crippen molar-refractivity contribution in [2.45, 2.75) is 64.6 Å². The zero-order valence-electron chi connectivity index (χ0n) is 17.9. The van der Waals surface area contributed by atoms with Gasteiger partial charge in [-0.05, 0) is 59.1 Å². The van der Waals surface area contributed by atoms with Crippen molar-refractivity contribution < 1.29 is 14.3 Å². The van der Waals surface area contributed by atoms with Gasteiger partial charge in [0.15, 0.2) is 0 Å². The monoisotopic (exact) mass is 412 g/mol. The largest absolute Gasteiger partial charge is 0.444 e. The molecule has 2 atom stereocenters. The number of hydrogen-bond donors (Lipinski definition) is 1. The second-order valence-electron chi connectivity index (χ2n) is 9.19. The lowest BCUT2D eigenvalue weighted by Gasteiger charge is -2.31. The van der Waals surface area contributed by atoms with Gasteiger partial charge in [-0.1, -0.05) is 0 Å². The smallest absolute Gasteiger partial charge is 0.410 e. The van der Waals surface area contributed by atoms with E-state index in [2.05, 4.69) is 9.97 Å². The molecule has 2 saturated heterocycles. The number of ether oxygens (including phenoxy) is 1. The Kier molecular flexibility index (Phi) is 5.03. The van der Waals surface area contributed by atoms with Crippen molar-refractivity contribution in [3.63, 3.8) is 0 Å². The van der Waals surface area contributed by atoms with Gasteiger partial charge >= 0.3 is 6.09 Å². The van der Waals surface area contributed by atoms with E-state index in [4.69, 9.17) is 4.74 Å². The maximum Gasteiger partial charge on any atom is 0.410 e. The van der Waals surface area contributed by atoms with Gasteiger partial charge in [-0.3, -0.25) is 9.59 Å². The number of pyridine rings is 2. The molecule has 1 N–H and O–H groups in total. The standard InChI is InChI=1S/C22H28N4O4/c1-13-5-8-16-18(27)17(11-23-19(16)24-13)20(28)25-10-9-14-6-7-15(12-25)26(14)21(29)30-22(2,3)4/h5,8,11,14-15H,6-7,9-10,12H2,1-4H3,(H,23,24,27). The number of carbonyl (C=O) groups excluding carboxylic acids is 2. The first-order valence-electron chi connectivity index (χ1n) is 10.4. The lowest BCUT2D eigenvalue weighted by atomic mass is 10.1. The van der Waals surface area contributed by atoms with Crippen molar-refractivity contribution in [2.75, 3.05) is 13.1 Å². The molecule has 0 spiro atoms. The third kappa shape index (κ3) is 3.78. The van der Waals surface area contributed by atoms with Crippen LogP contribution in [0.25, 0.3) is 11.0 Å². The molecule has 2 aliphatic heterocycles. The molecule has 160 valence electrons. The van der Waals surface area contributed by atoms with Gasteiger partial charge in [-0.2, -0.15) is 0 Å². The first-order chi connectivity index (χ1) is 14.1. The van der Waals surface area contributed by atoms with Crippen molar-refractivity contribution in [1.82, 2.24) is 19.8 Å². The molecule has 30 heavy (non-hydrogen) atoms. The Morgan fingerprint density at radius 1 is 1.17 bits per heavy atom. The highest BCUT2D eigenvalue weighted by molar-refractivity contribution is 5.96. The number of H-pyrrole nitrogens is 1. The Balaban J connectivity index is 1.58. The van der Waals surface area contributed by atoms with Gasteiger partial charge in [0.25, 0.3) is 5.91 Å². The van der Waals surface area contributed by atoms with Gasteiger partial charge in [0.1, 0.15) is 16.8 Å². The van der Waals surface area contributed by atoms with Crippen LogP contribution < -0.4 is 5.43 Å². The lowest BCUT2D eigenvalue weighted by Crippen LogP contribution is -2.46. The third-order valence-electron chi connectivity index (χ3n) is 5.78. The Morgan fingerprint density at radius 2 is 1.90 bits per heavy atom. The number of aromatic amines is 1. The molecular formula is C22H28N4O4. The number of nitrogens with zero attached hydrogens (tertiary/aromatic N) is 3. The number of aryl methyl sites for hydroxylation is 1. The molecule has 0 radical (unpaired) electrons. The maximum absolute atomic E-state index is 13.2. The van der Waals surface area contributed by atoms with Gasteiger partial charge in [-0.15, -0.1) is 0 Å². The fourth-order valence-corrected chi connectivity index (χ4v) is 4.40. The van der Waals surface area contributed by atoms with E-state index in [1.165, 1.54) is 6.20 Å². The molecule has 0 aliphatic carbocycles. The van der Waals surface area contributed by atoms with E-state index in [0.29, 0.717) is 30.5 Å². The van der Waals surface area contributed by atoms with Crippen LogP contribution in [0.3, 0.4) is 0 Å². The van der Waals surface area contributed by atoms with Crippen LogP contribution in [0.2, 0.25) is 0 Å². The zero-order chi connectivity index (χ0) is 21.6. The van der Waals surface area contributed by atoms with E-state index in [1.807, 2.05) is 27.7 Å². The van der Waals surface area contributed by atoms with E-state index in [0.717, 1.165) is 18.5 Å². The quantitative estimate of drug-likeness (QED) is 0.777. The molecule has 0 aromatic carbocycles. The summed E-state index contributed by atoms with van der Waals surface area (Å²) in [7, 11) is 0. The molecular weight excluding hydrogens is 384 g/mol. The van der Waals surface area contributed by atoms with Gasteiger partial charge < -0.3 is 19.5 Å². The number of fused-ring (bicyclic) bond motifs is 3. The summed E-state index contributed by atoms with van der Waals surface area (Å²) >= 11 is 0. The number of likely N-dealkylation sites (tertiary alicyclic amines) is 1. The third-order valence-corrected chi connectivity index (χ3v) is 5.78. The van der Waals surface area contributed by atoms with Crippen LogP contribution in [0.15, 0.2) is 23.1 Å². The van der Waals surface area contributed by atoms with Crippen molar-refractivity contribution in [2.24, 2.45) is 0 Å². The summed E-state index contributed by atoms with van der Waals surface area (Å²) in [6, 6.07) is 3.42. The first kappa shape index (κ1) is 20.4. The first-order valence-corrected chi connectivity index (χ1v) is 10.4. The normalized spacial score (nSPS) is 21.6. The number of rotatable bonds is 1. The average molecular weight is 412 g/mol. The molecule has 4 rings (SSSR count). The van der Waals surface area contributed by atoms with E-state index in [-0.39, 0.29) is 35.1 Å². The van der Waals surface area contributed by atoms with Crippen molar-refractivity contribution >= 4 is 23.0 Å². The van der Waals surface area contributed by atoms with E-state index in [9.17, 15) is 14.4 Å². The number of carbonyl (C=O) groups is 2. The minimum atomic E-state index is -0.566. The summed E-state index contributed by atoms with van der Waals surface area (Å²) in [6.07, 6.45) is 3.54. The zero-order valence-corrected chi connectivity index (χ0v) is 17.9. The van der Waals surface area contributed by atoms with Crippen molar-refractivity contribution in [3.8, 4) is 0 Å². The molecule has 2 fully saturated rings. The van der Waals surface area contributed by atoms with Crippen LogP contribution in [-0.2, 0) is 4.74 Å². The molecule has 2 aromatic rings. The van der Waals surface area contributed by atoms with Gasteiger partial charge in [0, 0.05) is 31.0 Å². The fraction of sp³-hybridized carbons (Fsp3) is 0.545. The van der Waals surface area contributed by atoms with Crippen molar-refractivity contribution in [1.29, 1.82) is 0 Å². The van der Waals surface area contributed by atoms with Crippen LogP contribution >= 0.6 is 0 Å². The molecule has 2 amide bonds. The minimum absolute atomic E-state index is 0.0599. The van der Waals surface area contributed by atoms with Crippen LogP contribution in [-0.4, -0.2) is 62.5 Å². The number of nitrogens with one attached hydrogen (secondary N) is 1. The summed E-state index contributed by atoms with van der Waals surface area (Å²) < 4.78 is 5.59. The molecule has 4 heterocycles. The number of aromatic nitrogens is 2. The fourth-order valence-electron chi connectivity index (χ4n) is 4.40. The van der Waals surface area contributed by atoms with Gasteiger partial charge in [0.05, 0.1) is 11.4 Å². The highest BCUT2D eigenvalue weighted by atomic mass is 16.6. The Bertz CT molecular complexity index is 1060. The molecule has 0 saturated carbocycles. The van der Waals surface area contributed by atoms with Crippen LogP contribution in [0, 0.1) is 6.92 Å². The van der Waals surface area contributed by atoms with E-state index < -0.39 is 5.60 Å². The van der Waals surface area contributed by atoms with Crippen LogP contribution in [0.5, 0.6) is 0 Å². The Morgan fingerprint density at radius 3 is 2.63 bits per heavy atom. The van der Waals surface area contributed by atoms with E-state index >= 15 is 0 Å². The summed E-state index contributed by atoms with van der Waals surface area (Å²) in [5.41, 5.74) is 0.489. The van der Waals surface area contributed by atoms with Crippen LogP contribution in [0.1, 0.15) is 56.1 Å². The molecule has 2 aliphatic rings. The Hall–Kier alpha value is -2.90. The van der Waals surface area contributed by atoms with Crippen LogP contribution in [0.4, 0.5) is 4.79 Å². The van der Waals surface area contributed by atoms with Gasteiger partial charge in [-0.25, -0.2) is 9.78 Å². The lowest BCUT2D eigenvalue weighted by molar-refractivity contribution is 0.0151. The molecule has 2 unspecified atom stereocenters. The average Bonchev–Trinajstić information content (AvgIpc) is 2.94. The summed E-state index contributed by atoms with van der Waals surface area (Å²) in [5, 5.41) is 0.401. The SMILES string of the molecule is Cc1ccc2c(=O)c(C(=O)N3CCC4CCC(C3)N4C(=O)OC(C)(C)C)c[nH]c2n1. The van der Waals surface area contributed by atoms with Crippen molar-refractivity contribution in [3.05, 3.63) is 39.8 Å². The maximum atomic E-state index is 13.2. The molecule has 8 nitrogen and oxygen atoms in total. The van der Waals surface area contributed by atoms with Gasteiger partial charge in [0.2, 0.25) is 5.43 Å². The summed E-state index contributed by atoms with van der Waals surface area (Å²) in [5.74, 6) is -0.310. The highest BCUT2D eigenvalue weighted by Crippen LogP contribution is 2.32. The second kappa shape index (κ2) is 7.41. The predicted molar refractivity (Wildman–Crippen MR) is 113 cm³/mol. The second-order valence-corrected chi connectivity index (χ2v) is 9.19. The Labute approximate surface area is 175 Å². The van der Waals surface area contributed by atoms with E-state index in [1.54, 1.807) is 21.9 Å². The summed E-state index contributed by atoms with van der Waals surface area (Å²) in [6.45, 7) is 8.30. The topological polar surface area (TPSA) is 95.6 Å². The highest BCUT2D eigenvalue weighted by Gasteiger charge is 2.43. The summed E-state index contributed by atoms with van der Waals surface area (Å²) in [4.78, 5) is 49.7. The number of hydrogen-bond acceptors (Lipinski definition) is 5. The molecule has 8 heteroatoms.